The van der Waals surface area contributed by atoms with Crippen molar-refractivity contribution in [2.45, 2.75) is 39.2 Å². The van der Waals surface area contributed by atoms with Crippen molar-refractivity contribution in [3.63, 3.8) is 0 Å². The smallest absolute Gasteiger partial charge is 0.223 e. The number of halogens is 1. The maximum Gasteiger partial charge on any atom is 0.223 e. The van der Waals surface area contributed by atoms with Crippen LogP contribution in [0, 0.1) is 6.92 Å². The monoisotopic (exact) mass is 283 g/mol. The van der Waals surface area contributed by atoms with E-state index in [2.05, 4.69) is 0 Å². The predicted octanol–water partition coefficient (Wildman–Crippen LogP) is 2.81. The summed E-state index contributed by atoms with van der Waals surface area (Å²) >= 11 is 6.06. The molecule has 0 aromatic heterocycles. The van der Waals surface area contributed by atoms with Gasteiger partial charge in [0.2, 0.25) is 5.91 Å². The van der Waals surface area contributed by atoms with Crippen LogP contribution in [0.4, 0.5) is 0 Å². The topological polar surface area (TPSA) is 40.5 Å². The van der Waals surface area contributed by atoms with Gasteiger partial charge in [0.05, 0.1) is 12.1 Å². The van der Waals surface area contributed by atoms with Crippen molar-refractivity contribution in [3.8, 4) is 0 Å². The van der Waals surface area contributed by atoms with Crippen LogP contribution in [0.15, 0.2) is 18.2 Å². The predicted molar refractivity (Wildman–Crippen MR) is 78.4 cm³/mol. The number of aryl methyl sites for hydroxylation is 2. The fourth-order valence-electron chi connectivity index (χ4n) is 1.65. The molecular weight excluding hydrogens is 262 g/mol. The van der Waals surface area contributed by atoms with Crippen LogP contribution in [0.5, 0.6) is 0 Å². The molecule has 0 aliphatic rings. The average Bonchev–Trinajstić information content (AvgIpc) is 2.38. The summed E-state index contributed by atoms with van der Waals surface area (Å²) in [6.45, 7) is 5.59. The Morgan fingerprint density at radius 3 is 2.58 bits per heavy atom. The molecule has 0 fully saturated rings. The molecule has 1 rings (SSSR count). The van der Waals surface area contributed by atoms with E-state index in [9.17, 15) is 9.90 Å². The molecule has 0 saturated heterocycles. The van der Waals surface area contributed by atoms with Crippen molar-refractivity contribution in [2.24, 2.45) is 0 Å². The van der Waals surface area contributed by atoms with Crippen LogP contribution in [-0.4, -0.2) is 35.1 Å². The summed E-state index contributed by atoms with van der Waals surface area (Å²) in [6, 6.07) is 5.86. The molecule has 0 radical (unpaired) electrons. The van der Waals surface area contributed by atoms with Gasteiger partial charge < -0.3 is 10.0 Å². The quantitative estimate of drug-likeness (QED) is 0.903. The van der Waals surface area contributed by atoms with E-state index in [-0.39, 0.29) is 12.5 Å². The zero-order valence-electron chi connectivity index (χ0n) is 12.0. The van der Waals surface area contributed by atoms with Gasteiger partial charge in [-0.2, -0.15) is 0 Å². The van der Waals surface area contributed by atoms with Gasteiger partial charge in [0, 0.05) is 18.5 Å². The van der Waals surface area contributed by atoms with Crippen LogP contribution >= 0.6 is 11.6 Å². The lowest BCUT2D eigenvalue weighted by atomic mass is 10.0. The third-order valence-electron chi connectivity index (χ3n) is 3.53. The van der Waals surface area contributed by atoms with Crippen molar-refractivity contribution in [1.29, 1.82) is 0 Å². The summed E-state index contributed by atoms with van der Waals surface area (Å²) in [7, 11) is 1.72. The first-order valence-corrected chi connectivity index (χ1v) is 6.78. The van der Waals surface area contributed by atoms with Crippen LogP contribution in [0.25, 0.3) is 0 Å². The van der Waals surface area contributed by atoms with Gasteiger partial charge >= 0.3 is 0 Å². The number of likely N-dealkylation sites (N-methyl/N-ethyl adjacent to an activating group) is 1. The summed E-state index contributed by atoms with van der Waals surface area (Å²) in [5, 5.41) is 9.98. The molecule has 0 unspecified atom stereocenters. The Morgan fingerprint density at radius 2 is 2.05 bits per heavy atom. The Morgan fingerprint density at radius 1 is 1.42 bits per heavy atom. The summed E-state index contributed by atoms with van der Waals surface area (Å²) in [6.07, 6.45) is 1.07. The minimum atomic E-state index is -0.526. The first-order chi connectivity index (χ1) is 8.77. The number of amides is 1. The molecule has 1 amide bonds. The van der Waals surface area contributed by atoms with Crippen molar-refractivity contribution in [1.82, 2.24) is 4.90 Å². The number of carbonyl (C=O) groups excluding carboxylic acids is 1. The fraction of sp³-hybridized carbons (Fsp3) is 0.533. The van der Waals surface area contributed by atoms with E-state index in [4.69, 9.17) is 11.6 Å². The molecule has 19 heavy (non-hydrogen) atoms. The highest BCUT2D eigenvalue weighted by molar-refractivity contribution is 6.31. The van der Waals surface area contributed by atoms with Crippen molar-refractivity contribution >= 4 is 17.5 Å². The largest absolute Gasteiger partial charge is 0.394 e. The number of hydrogen-bond acceptors (Lipinski definition) is 2. The standard InChI is InChI=1S/C15H22ClNO2/c1-11-5-6-12(9-13(11)16)7-8-14(19)17(4)15(2,3)10-18/h5-6,9,18H,7-8,10H2,1-4H3. The van der Waals surface area contributed by atoms with Crippen LogP contribution in [0.1, 0.15) is 31.4 Å². The molecule has 3 nitrogen and oxygen atoms in total. The first-order valence-electron chi connectivity index (χ1n) is 6.40. The van der Waals surface area contributed by atoms with Gasteiger partial charge in [-0.25, -0.2) is 0 Å². The lowest BCUT2D eigenvalue weighted by molar-refractivity contribution is -0.135. The first kappa shape index (κ1) is 16.0. The summed E-state index contributed by atoms with van der Waals surface area (Å²) in [4.78, 5) is 13.7. The number of hydrogen-bond donors (Lipinski definition) is 1. The van der Waals surface area contributed by atoms with E-state index in [0.717, 1.165) is 16.1 Å². The number of benzene rings is 1. The molecular formula is C15H22ClNO2. The summed E-state index contributed by atoms with van der Waals surface area (Å²) in [5.41, 5.74) is 1.57. The van der Waals surface area contributed by atoms with Crippen LogP contribution < -0.4 is 0 Å². The Labute approximate surface area is 120 Å². The number of rotatable bonds is 5. The highest BCUT2D eigenvalue weighted by Crippen LogP contribution is 2.19. The van der Waals surface area contributed by atoms with Gasteiger partial charge in [-0.05, 0) is 44.4 Å². The molecule has 4 heteroatoms. The van der Waals surface area contributed by atoms with Crippen LogP contribution in [0.3, 0.4) is 0 Å². The minimum Gasteiger partial charge on any atom is -0.394 e. The number of aliphatic hydroxyl groups is 1. The summed E-state index contributed by atoms with van der Waals surface area (Å²) in [5.74, 6) is 0.0238. The Balaban J connectivity index is 2.61. The van der Waals surface area contributed by atoms with Gasteiger partial charge in [0.15, 0.2) is 0 Å². The minimum absolute atomic E-state index is 0.0238. The Bertz CT molecular complexity index is 457. The third kappa shape index (κ3) is 4.22. The van der Waals surface area contributed by atoms with E-state index in [1.165, 1.54) is 0 Å². The van der Waals surface area contributed by atoms with Gasteiger partial charge in [0.25, 0.3) is 0 Å². The molecule has 0 saturated carbocycles. The second-order valence-electron chi connectivity index (χ2n) is 5.51. The van der Waals surface area contributed by atoms with E-state index in [1.807, 2.05) is 39.0 Å². The molecule has 106 valence electrons. The van der Waals surface area contributed by atoms with Gasteiger partial charge in [0.1, 0.15) is 0 Å². The Hall–Kier alpha value is -1.06. The van der Waals surface area contributed by atoms with E-state index >= 15 is 0 Å². The lowest BCUT2D eigenvalue weighted by Gasteiger charge is -2.34. The second-order valence-corrected chi connectivity index (χ2v) is 5.91. The molecule has 1 aromatic rings. The van der Waals surface area contributed by atoms with Gasteiger partial charge in [-0.15, -0.1) is 0 Å². The van der Waals surface area contributed by atoms with Crippen molar-refractivity contribution < 1.29 is 9.90 Å². The SMILES string of the molecule is Cc1ccc(CCC(=O)N(C)C(C)(C)CO)cc1Cl. The zero-order chi connectivity index (χ0) is 14.6. The summed E-state index contributed by atoms with van der Waals surface area (Å²) < 4.78 is 0. The average molecular weight is 284 g/mol. The molecule has 1 aromatic carbocycles. The van der Waals surface area contributed by atoms with Gasteiger partial charge in [-0.3, -0.25) is 4.79 Å². The maximum atomic E-state index is 12.1. The Kier molecular flexibility index (Phi) is 5.39. The number of aliphatic hydroxyl groups excluding tert-OH is 1. The van der Waals surface area contributed by atoms with Crippen molar-refractivity contribution in [3.05, 3.63) is 34.3 Å². The van der Waals surface area contributed by atoms with Crippen LogP contribution in [-0.2, 0) is 11.2 Å². The van der Waals surface area contributed by atoms with E-state index in [1.54, 1.807) is 11.9 Å². The van der Waals surface area contributed by atoms with Gasteiger partial charge in [-0.1, -0.05) is 23.7 Å². The fourth-order valence-corrected chi connectivity index (χ4v) is 1.86. The van der Waals surface area contributed by atoms with Crippen LogP contribution in [0.2, 0.25) is 5.02 Å². The molecule has 0 aliphatic carbocycles. The highest BCUT2D eigenvalue weighted by Gasteiger charge is 2.26. The third-order valence-corrected chi connectivity index (χ3v) is 3.94. The number of carbonyl (C=O) groups is 1. The molecule has 1 N–H and O–H groups in total. The van der Waals surface area contributed by atoms with E-state index in [0.29, 0.717) is 12.8 Å². The second kappa shape index (κ2) is 6.40. The molecule has 0 bridgehead atoms. The molecule has 0 spiro atoms. The zero-order valence-corrected chi connectivity index (χ0v) is 12.8. The highest BCUT2D eigenvalue weighted by atomic mass is 35.5. The molecule has 0 heterocycles. The molecule has 0 aliphatic heterocycles. The number of nitrogens with zero attached hydrogens (tertiary/aromatic N) is 1. The molecule has 0 atom stereocenters. The van der Waals surface area contributed by atoms with Crippen molar-refractivity contribution in [2.75, 3.05) is 13.7 Å². The maximum absolute atomic E-state index is 12.1. The van der Waals surface area contributed by atoms with E-state index < -0.39 is 5.54 Å². The lowest BCUT2D eigenvalue weighted by Crippen LogP contribution is -2.47. The normalized spacial score (nSPS) is 11.5.